The predicted molar refractivity (Wildman–Crippen MR) is 97.2 cm³/mol. The summed E-state index contributed by atoms with van der Waals surface area (Å²) in [4.78, 5) is 12.3. The molecule has 5 atom stereocenters. The van der Waals surface area contributed by atoms with Crippen molar-refractivity contribution < 1.29 is 36.9 Å². The van der Waals surface area contributed by atoms with Gasteiger partial charge in [0.15, 0.2) is 5.78 Å². The lowest BCUT2D eigenvalue weighted by atomic mass is 9.74. The van der Waals surface area contributed by atoms with Crippen molar-refractivity contribution in [1.29, 1.82) is 0 Å². The molecule has 1 saturated heterocycles. The molecule has 5 unspecified atom stereocenters. The third kappa shape index (κ3) is 6.20. The van der Waals surface area contributed by atoms with Gasteiger partial charge in [-0.05, 0) is 19.3 Å². The van der Waals surface area contributed by atoms with Crippen molar-refractivity contribution >= 4 is 16.2 Å². The molecule has 2 rings (SSSR count). The van der Waals surface area contributed by atoms with Gasteiger partial charge in [0.2, 0.25) is 5.79 Å². The van der Waals surface area contributed by atoms with Gasteiger partial charge in [-0.3, -0.25) is 9.35 Å². The van der Waals surface area contributed by atoms with E-state index in [1.54, 1.807) is 0 Å². The summed E-state index contributed by atoms with van der Waals surface area (Å²) in [6.45, 7) is 2.16. The molecule has 0 aromatic rings. The second kappa shape index (κ2) is 9.76. The van der Waals surface area contributed by atoms with Crippen LogP contribution in [0.5, 0.6) is 0 Å². The van der Waals surface area contributed by atoms with Crippen LogP contribution in [-0.2, 0) is 24.1 Å². The first-order valence-corrected chi connectivity index (χ1v) is 11.3. The fourth-order valence-electron chi connectivity index (χ4n) is 4.12. The number of carbonyl (C=O) groups is 1. The van der Waals surface area contributed by atoms with Crippen molar-refractivity contribution in [2.75, 3.05) is 0 Å². The number of unbranched alkanes of at least 4 members (excludes halogenated alkanes) is 6. The number of carbonyl (C=O) groups excluding carboxylic acids is 1. The molecule has 0 radical (unpaired) electrons. The summed E-state index contributed by atoms with van der Waals surface area (Å²) in [5.41, 5.74) is 0. The maximum atomic E-state index is 12.3. The molecule has 8 nitrogen and oxygen atoms in total. The molecule has 158 valence electrons. The van der Waals surface area contributed by atoms with Crippen LogP contribution in [0, 0.1) is 5.92 Å². The maximum absolute atomic E-state index is 12.3. The average molecular weight is 409 g/mol. The molecule has 1 aliphatic heterocycles. The molecule has 0 bridgehead atoms. The molecule has 2 fully saturated rings. The zero-order chi connectivity index (χ0) is 20.1. The molecule has 27 heavy (non-hydrogen) atoms. The van der Waals surface area contributed by atoms with Crippen molar-refractivity contribution in [3.63, 3.8) is 0 Å². The van der Waals surface area contributed by atoms with Crippen molar-refractivity contribution in [2.45, 2.75) is 102 Å². The first-order valence-electron chi connectivity index (χ1n) is 9.94. The van der Waals surface area contributed by atoms with Gasteiger partial charge in [-0.15, -0.1) is 0 Å². The van der Waals surface area contributed by atoms with E-state index in [1.807, 2.05) is 0 Å². The Balaban J connectivity index is 1.91. The van der Waals surface area contributed by atoms with E-state index in [4.69, 9.17) is 9.29 Å². The number of ketones is 1. The van der Waals surface area contributed by atoms with Crippen LogP contribution in [0.2, 0.25) is 0 Å². The maximum Gasteiger partial charge on any atom is 0.397 e. The quantitative estimate of drug-likeness (QED) is 0.370. The highest BCUT2D eigenvalue weighted by atomic mass is 32.3. The zero-order valence-corrected chi connectivity index (χ0v) is 16.7. The van der Waals surface area contributed by atoms with Crippen LogP contribution in [0.15, 0.2) is 0 Å². The minimum atomic E-state index is -4.74. The van der Waals surface area contributed by atoms with Crippen LogP contribution in [0.4, 0.5) is 0 Å². The zero-order valence-electron chi connectivity index (χ0n) is 15.9. The highest BCUT2D eigenvalue weighted by molar-refractivity contribution is 7.80. The van der Waals surface area contributed by atoms with Gasteiger partial charge in [0.25, 0.3) is 0 Å². The van der Waals surface area contributed by atoms with Gasteiger partial charge in [-0.1, -0.05) is 51.9 Å². The van der Waals surface area contributed by atoms with E-state index in [0.29, 0.717) is 6.42 Å². The molecule has 0 amide bonds. The van der Waals surface area contributed by atoms with E-state index in [9.17, 15) is 23.4 Å². The summed E-state index contributed by atoms with van der Waals surface area (Å²) in [7, 11) is -4.74. The molecular formula is C18H32O8S. The number of rotatable bonds is 10. The summed E-state index contributed by atoms with van der Waals surface area (Å²) in [6, 6.07) is 0. The van der Waals surface area contributed by atoms with Gasteiger partial charge >= 0.3 is 10.4 Å². The van der Waals surface area contributed by atoms with Crippen LogP contribution < -0.4 is 0 Å². The Bertz CT molecular complexity index is 592. The van der Waals surface area contributed by atoms with E-state index in [-0.39, 0.29) is 19.3 Å². The fraction of sp³-hybridized carbons (Fsp3) is 0.944. The number of fused-ring (bicyclic) bond motifs is 1. The molecule has 0 spiro atoms. The molecule has 3 N–H and O–H groups in total. The van der Waals surface area contributed by atoms with Gasteiger partial charge < -0.3 is 14.9 Å². The molecule has 2 aliphatic rings. The third-order valence-electron chi connectivity index (χ3n) is 5.60. The number of aliphatic hydroxyl groups excluding tert-OH is 1. The molecule has 9 heteroatoms. The minimum absolute atomic E-state index is 0.0242. The van der Waals surface area contributed by atoms with Crippen molar-refractivity contribution in [3.05, 3.63) is 0 Å². The normalized spacial score (nSPS) is 34.4. The fourth-order valence-corrected chi connectivity index (χ4v) is 4.67. The Kier molecular flexibility index (Phi) is 8.20. The molecule has 0 aromatic carbocycles. The van der Waals surface area contributed by atoms with Crippen molar-refractivity contribution in [1.82, 2.24) is 0 Å². The van der Waals surface area contributed by atoms with Crippen molar-refractivity contribution in [3.8, 4) is 0 Å². The van der Waals surface area contributed by atoms with E-state index in [1.165, 1.54) is 25.7 Å². The van der Waals surface area contributed by atoms with Gasteiger partial charge in [-0.2, -0.15) is 8.42 Å². The third-order valence-corrected chi connectivity index (χ3v) is 6.09. The largest absolute Gasteiger partial charge is 0.397 e. The monoisotopic (exact) mass is 408 g/mol. The molecule has 0 aromatic heterocycles. The first-order chi connectivity index (χ1) is 12.7. The predicted octanol–water partition coefficient (Wildman–Crippen LogP) is 2.13. The Morgan fingerprint density at radius 1 is 1.19 bits per heavy atom. The summed E-state index contributed by atoms with van der Waals surface area (Å²) in [6.07, 6.45) is 5.37. The highest BCUT2D eigenvalue weighted by Gasteiger charge is 2.58. The van der Waals surface area contributed by atoms with Crippen LogP contribution in [0.25, 0.3) is 0 Å². The lowest BCUT2D eigenvalue weighted by Gasteiger charge is -2.49. The summed E-state index contributed by atoms with van der Waals surface area (Å²) in [5, 5.41) is 21.2. The lowest BCUT2D eigenvalue weighted by Crippen LogP contribution is -2.63. The van der Waals surface area contributed by atoms with E-state index in [0.717, 1.165) is 19.3 Å². The van der Waals surface area contributed by atoms with Crippen LogP contribution >= 0.6 is 0 Å². The number of Topliss-reactive ketones (excluding diaryl/α,β-unsaturated/α-hetero) is 1. The van der Waals surface area contributed by atoms with Gasteiger partial charge in [0.1, 0.15) is 0 Å². The van der Waals surface area contributed by atoms with E-state index < -0.39 is 46.2 Å². The second-order valence-electron chi connectivity index (χ2n) is 7.70. The topological polar surface area (TPSA) is 130 Å². The number of hydrogen-bond donors (Lipinski definition) is 3. The summed E-state index contributed by atoms with van der Waals surface area (Å²) < 4.78 is 41.2. The molecule has 1 aliphatic carbocycles. The van der Waals surface area contributed by atoms with Crippen LogP contribution in [0.1, 0.15) is 77.6 Å². The second-order valence-corrected chi connectivity index (χ2v) is 8.74. The first kappa shape index (κ1) is 22.7. The van der Waals surface area contributed by atoms with Crippen LogP contribution in [-0.4, -0.2) is 53.1 Å². The Hall–Kier alpha value is -0.580. The Morgan fingerprint density at radius 2 is 1.81 bits per heavy atom. The molecule has 1 heterocycles. The van der Waals surface area contributed by atoms with Gasteiger partial charge in [0.05, 0.1) is 24.2 Å². The number of aliphatic hydroxyl groups is 2. The molecular weight excluding hydrogens is 376 g/mol. The Labute approximate surface area is 161 Å². The van der Waals surface area contributed by atoms with E-state index >= 15 is 0 Å². The SMILES string of the molecule is CCCCCCCCCC1OC2(O)C(=O)CCC(OS(=O)(=O)O)C2CC1O. The highest BCUT2D eigenvalue weighted by Crippen LogP contribution is 2.43. The molecule has 1 saturated carbocycles. The number of hydrogen-bond acceptors (Lipinski definition) is 7. The van der Waals surface area contributed by atoms with E-state index in [2.05, 4.69) is 11.1 Å². The summed E-state index contributed by atoms with van der Waals surface area (Å²) in [5.74, 6) is -3.77. The smallest absolute Gasteiger partial charge is 0.390 e. The van der Waals surface area contributed by atoms with Gasteiger partial charge in [0, 0.05) is 6.42 Å². The minimum Gasteiger partial charge on any atom is -0.390 e. The van der Waals surface area contributed by atoms with Crippen molar-refractivity contribution in [2.24, 2.45) is 5.92 Å². The average Bonchev–Trinajstić information content (AvgIpc) is 2.58. The standard InChI is InChI=1S/C18H32O8S/c1-2-3-4-5-6-7-8-9-16-14(19)12-13-15(26-27(22,23)24)10-11-17(20)18(13,21)25-16/h13-16,19,21H,2-12H2,1H3,(H,22,23,24). The Morgan fingerprint density at radius 3 is 2.44 bits per heavy atom. The lowest BCUT2D eigenvalue weighted by molar-refractivity contribution is -0.305. The summed E-state index contributed by atoms with van der Waals surface area (Å²) >= 11 is 0. The number of ether oxygens (including phenoxy) is 1. The van der Waals surface area contributed by atoms with Crippen LogP contribution in [0.3, 0.4) is 0 Å². The van der Waals surface area contributed by atoms with Gasteiger partial charge in [-0.25, -0.2) is 4.18 Å².